The average molecular weight is 276 g/mol. The summed E-state index contributed by atoms with van der Waals surface area (Å²) in [5, 5.41) is 0. The monoisotopic (exact) mass is 276 g/mol. The largest absolute Gasteiger partial charge is 0.333 e. The molecule has 1 aliphatic heterocycles. The van der Waals surface area contributed by atoms with E-state index in [1.807, 2.05) is 29.1 Å². The zero-order valence-corrected chi connectivity index (χ0v) is 12.3. The molecule has 0 aromatic carbocycles. The molecule has 0 amide bonds. The molecule has 5 nitrogen and oxygen atoms in total. The second kappa shape index (κ2) is 6.99. The summed E-state index contributed by atoms with van der Waals surface area (Å²) in [6.07, 6.45) is 9.01. The van der Waals surface area contributed by atoms with Crippen molar-refractivity contribution in [2.45, 2.75) is 45.9 Å². The van der Waals surface area contributed by atoms with E-state index < -0.39 is 16.5 Å². The van der Waals surface area contributed by atoms with Crippen molar-refractivity contribution in [1.29, 1.82) is 0 Å². The molecule has 0 bridgehead atoms. The van der Waals surface area contributed by atoms with E-state index in [4.69, 9.17) is 4.18 Å². The van der Waals surface area contributed by atoms with E-state index in [1.165, 1.54) is 19.3 Å². The molecule has 0 spiro atoms. The van der Waals surface area contributed by atoms with Crippen LogP contribution in [-0.2, 0) is 14.3 Å². The van der Waals surface area contributed by atoms with Crippen molar-refractivity contribution in [3.8, 4) is 0 Å². The Kier molecular flexibility index (Phi) is 5.95. The smallest absolute Gasteiger partial charge is 0.267 e. The average Bonchev–Trinajstić information content (AvgIpc) is 2.65. The second-order valence-electron chi connectivity index (χ2n) is 4.55. The lowest BCUT2D eigenvalue weighted by atomic mass is 10.2. The molecule has 18 heavy (non-hydrogen) atoms. The Labute approximate surface area is 111 Å². The predicted octanol–water partition coefficient (Wildman–Crippen LogP) is 1.94. The molecule has 0 aromatic heterocycles. The number of hydrogen-bond acceptors (Lipinski definition) is 5. The zero-order valence-electron chi connectivity index (χ0n) is 11.5. The maximum Gasteiger partial charge on any atom is 0.267 e. The van der Waals surface area contributed by atoms with Gasteiger partial charge in [-0.15, -0.1) is 0 Å². The van der Waals surface area contributed by atoms with Crippen LogP contribution in [0.5, 0.6) is 0 Å². The van der Waals surface area contributed by atoms with Crippen LogP contribution in [0.1, 0.15) is 39.5 Å². The lowest BCUT2D eigenvalue weighted by Gasteiger charge is -2.30. The first-order valence-electron chi connectivity index (χ1n) is 6.56. The van der Waals surface area contributed by atoms with Crippen LogP contribution in [0.25, 0.3) is 0 Å². The van der Waals surface area contributed by atoms with E-state index in [2.05, 4.69) is 6.92 Å². The molecule has 0 aromatic rings. The molecule has 1 aliphatic rings. The summed E-state index contributed by atoms with van der Waals surface area (Å²) in [4.78, 5) is 3.82. The number of rotatable bonds is 8. The summed E-state index contributed by atoms with van der Waals surface area (Å²) in [5.41, 5.74) is 0. The number of hydrogen-bond donors (Lipinski definition) is 0. The van der Waals surface area contributed by atoms with Crippen LogP contribution < -0.4 is 0 Å². The number of nitrogens with zero attached hydrogens (tertiary/aromatic N) is 2. The third-order valence-electron chi connectivity index (χ3n) is 2.91. The molecule has 1 heterocycles. The summed E-state index contributed by atoms with van der Waals surface area (Å²) in [6.45, 7) is 5.70. The van der Waals surface area contributed by atoms with Gasteiger partial charge in [0.05, 0.1) is 6.26 Å². The van der Waals surface area contributed by atoms with Crippen molar-refractivity contribution in [3.63, 3.8) is 0 Å². The maximum absolute atomic E-state index is 11.3. The predicted molar refractivity (Wildman–Crippen MR) is 72.1 cm³/mol. The van der Waals surface area contributed by atoms with Crippen LogP contribution in [0.2, 0.25) is 0 Å². The van der Waals surface area contributed by atoms with E-state index in [0.29, 0.717) is 0 Å². The van der Waals surface area contributed by atoms with Gasteiger partial charge >= 0.3 is 0 Å². The van der Waals surface area contributed by atoms with Crippen molar-refractivity contribution in [2.75, 3.05) is 19.3 Å². The summed E-state index contributed by atoms with van der Waals surface area (Å²) < 4.78 is 27.7. The molecule has 106 valence electrons. The highest BCUT2D eigenvalue weighted by Gasteiger charge is 2.28. The van der Waals surface area contributed by atoms with Gasteiger partial charge in [0.25, 0.3) is 10.1 Å². The minimum absolute atomic E-state index is 0.508. The summed E-state index contributed by atoms with van der Waals surface area (Å²) in [6, 6.07) is 0. The van der Waals surface area contributed by atoms with Crippen LogP contribution in [0.15, 0.2) is 12.4 Å². The van der Waals surface area contributed by atoms with Gasteiger partial charge < -0.3 is 9.80 Å². The Morgan fingerprint density at radius 2 is 1.78 bits per heavy atom. The lowest BCUT2D eigenvalue weighted by Crippen LogP contribution is -2.42. The minimum atomic E-state index is -3.44. The quantitative estimate of drug-likeness (QED) is 0.501. The molecular weight excluding hydrogens is 252 g/mol. The third-order valence-corrected chi connectivity index (χ3v) is 3.43. The van der Waals surface area contributed by atoms with Gasteiger partial charge in [0, 0.05) is 25.5 Å². The third kappa shape index (κ3) is 4.86. The molecule has 0 fully saturated rings. The van der Waals surface area contributed by atoms with Gasteiger partial charge in [-0.1, -0.05) is 26.2 Å². The molecule has 0 radical (unpaired) electrons. The molecule has 1 rings (SSSR count). The highest BCUT2D eigenvalue weighted by molar-refractivity contribution is 7.86. The molecule has 0 N–H and O–H groups in total. The summed E-state index contributed by atoms with van der Waals surface area (Å²) in [7, 11) is -3.44. The highest BCUT2D eigenvalue weighted by Crippen LogP contribution is 2.19. The molecule has 1 atom stereocenters. The van der Waals surface area contributed by atoms with Crippen LogP contribution in [0.3, 0.4) is 0 Å². The van der Waals surface area contributed by atoms with Gasteiger partial charge in [-0.3, -0.25) is 0 Å². The van der Waals surface area contributed by atoms with E-state index in [0.717, 1.165) is 25.8 Å². The van der Waals surface area contributed by atoms with Gasteiger partial charge in [0.15, 0.2) is 0 Å². The van der Waals surface area contributed by atoms with Gasteiger partial charge in [0.1, 0.15) is 0 Å². The van der Waals surface area contributed by atoms with E-state index in [9.17, 15) is 8.42 Å². The Balaban J connectivity index is 2.52. The first-order chi connectivity index (χ1) is 8.48. The Bertz CT molecular complexity index is 368. The number of unbranched alkanes of at least 4 members (excludes halogenated alkanes) is 3. The molecule has 0 saturated heterocycles. The molecular formula is C12H24N2O3S. The Morgan fingerprint density at radius 1 is 1.11 bits per heavy atom. The van der Waals surface area contributed by atoms with Crippen molar-refractivity contribution in [1.82, 2.24) is 9.80 Å². The Morgan fingerprint density at radius 3 is 2.33 bits per heavy atom. The van der Waals surface area contributed by atoms with Crippen molar-refractivity contribution in [2.24, 2.45) is 0 Å². The van der Waals surface area contributed by atoms with Gasteiger partial charge in [0.2, 0.25) is 6.35 Å². The first kappa shape index (κ1) is 15.3. The van der Waals surface area contributed by atoms with Crippen LogP contribution in [-0.4, -0.2) is 43.9 Å². The fourth-order valence-electron chi connectivity index (χ4n) is 1.94. The van der Waals surface area contributed by atoms with Gasteiger partial charge in [-0.2, -0.15) is 8.42 Å². The topological polar surface area (TPSA) is 49.9 Å². The van der Waals surface area contributed by atoms with Crippen LogP contribution in [0, 0.1) is 0 Å². The normalized spacial score (nSPS) is 19.8. The van der Waals surface area contributed by atoms with Gasteiger partial charge in [-0.05, 0) is 13.3 Å². The summed E-state index contributed by atoms with van der Waals surface area (Å²) >= 11 is 0. The Hall–Kier alpha value is -0.750. The van der Waals surface area contributed by atoms with E-state index >= 15 is 0 Å². The van der Waals surface area contributed by atoms with Gasteiger partial charge in [-0.25, -0.2) is 4.18 Å². The fraction of sp³-hybridized carbons (Fsp3) is 0.833. The minimum Gasteiger partial charge on any atom is -0.333 e. The standard InChI is InChI=1S/C12H24N2O3S/c1-4-6-7-8-9-14-11-10-13(5-2)12(14)17-18(3,15)16/h10-12H,4-9H2,1-3H3. The second-order valence-corrected chi connectivity index (χ2v) is 6.15. The molecule has 6 heteroatoms. The van der Waals surface area contributed by atoms with Crippen molar-refractivity contribution < 1.29 is 12.6 Å². The van der Waals surface area contributed by atoms with E-state index in [1.54, 1.807) is 0 Å². The van der Waals surface area contributed by atoms with Crippen molar-refractivity contribution >= 4 is 10.1 Å². The van der Waals surface area contributed by atoms with E-state index in [-0.39, 0.29) is 0 Å². The fourth-order valence-corrected chi connectivity index (χ4v) is 2.48. The summed E-state index contributed by atoms with van der Waals surface area (Å²) in [5.74, 6) is 0. The zero-order chi connectivity index (χ0) is 13.6. The maximum atomic E-state index is 11.3. The first-order valence-corrected chi connectivity index (χ1v) is 8.37. The molecule has 1 unspecified atom stereocenters. The lowest BCUT2D eigenvalue weighted by molar-refractivity contribution is -0.0182. The highest BCUT2D eigenvalue weighted by atomic mass is 32.2. The van der Waals surface area contributed by atoms with Crippen LogP contribution in [0.4, 0.5) is 0 Å². The van der Waals surface area contributed by atoms with Crippen molar-refractivity contribution in [3.05, 3.63) is 12.4 Å². The van der Waals surface area contributed by atoms with Crippen LogP contribution >= 0.6 is 0 Å². The molecule has 0 aliphatic carbocycles. The SMILES string of the molecule is CCCCCCN1C=CN(CC)C1OS(C)(=O)=O. The molecule has 0 saturated carbocycles.